The van der Waals surface area contributed by atoms with E-state index in [1.807, 2.05) is 0 Å². The van der Waals surface area contributed by atoms with Gasteiger partial charge in [0.1, 0.15) is 29.0 Å². The molecule has 5 rings (SSSR count). The Morgan fingerprint density at radius 1 is 1.08 bits per heavy atom. The first-order valence-electron chi connectivity index (χ1n) is 11.9. The molecule has 0 bridgehead atoms. The topological polar surface area (TPSA) is 150 Å². The number of aliphatic carboxylic acids is 1. The third kappa shape index (κ3) is 3.65. The Kier molecular flexibility index (Phi) is 6.14. The van der Waals surface area contributed by atoms with Crippen LogP contribution in [0.4, 0.5) is 5.69 Å². The van der Waals surface area contributed by atoms with Crippen molar-refractivity contribution in [3.63, 3.8) is 0 Å². The minimum atomic E-state index is -2.11. The molecule has 1 atom stereocenters. The van der Waals surface area contributed by atoms with Crippen molar-refractivity contribution in [1.29, 1.82) is 0 Å². The molecular formula is C28H25N3O8. The number of carbonyl (C=O) groups excluding carboxylic acids is 2. The molecule has 3 aromatic rings. The Morgan fingerprint density at radius 3 is 2.46 bits per heavy atom. The summed E-state index contributed by atoms with van der Waals surface area (Å²) in [5, 5.41) is 9.60. The van der Waals surface area contributed by atoms with Crippen molar-refractivity contribution in [2.75, 3.05) is 25.7 Å². The summed E-state index contributed by atoms with van der Waals surface area (Å²) in [4.78, 5) is 54.8. The fourth-order valence-corrected chi connectivity index (χ4v) is 5.43. The number of carboxylic acid groups (broad SMARTS) is 1. The summed E-state index contributed by atoms with van der Waals surface area (Å²) < 4.78 is 17.7. The van der Waals surface area contributed by atoms with E-state index in [9.17, 15) is 24.3 Å². The van der Waals surface area contributed by atoms with E-state index in [-0.39, 0.29) is 29.1 Å². The zero-order valence-corrected chi connectivity index (χ0v) is 21.4. The van der Waals surface area contributed by atoms with Gasteiger partial charge in [0.2, 0.25) is 11.8 Å². The highest BCUT2D eigenvalue weighted by Crippen LogP contribution is 2.54. The first kappa shape index (κ1) is 25.6. The molecule has 0 saturated carbocycles. The van der Waals surface area contributed by atoms with E-state index in [2.05, 4.69) is 0 Å². The smallest absolute Gasteiger partial charge is 0.340 e. The Hall–Kier alpha value is -5.06. The predicted octanol–water partition coefficient (Wildman–Crippen LogP) is 1.67. The van der Waals surface area contributed by atoms with Crippen LogP contribution < -0.4 is 25.7 Å². The number of amides is 1. The lowest BCUT2D eigenvalue weighted by atomic mass is 9.68. The quantitative estimate of drug-likeness (QED) is 0.453. The molecule has 11 heteroatoms. The zero-order valence-electron chi connectivity index (χ0n) is 21.4. The van der Waals surface area contributed by atoms with E-state index in [4.69, 9.17) is 19.9 Å². The molecule has 2 aromatic carbocycles. The number of ether oxygens (including phenoxy) is 3. The van der Waals surface area contributed by atoms with Crippen molar-refractivity contribution in [1.82, 2.24) is 4.57 Å². The number of esters is 1. The van der Waals surface area contributed by atoms with Gasteiger partial charge in [0.25, 0.3) is 5.56 Å². The maximum Gasteiger partial charge on any atom is 0.340 e. The number of rotatable bonds is 6. The number of carbonyl (C=O) groups is 3. The van der Waals surface area contributed by atoms with Gasteiger partial charge in [-0.25, -0.2) is 4.79 Å². The monoisotopic (exact) mass is 531 g/mol. The minimum absolute atomic E-state index is 0.0146. The fourth-order valence-electron chi connectivity index (χ4n) is 5.43. The second-order valence-corrected chi connectivity index (χ2v) is 9.11. The highest BCUT2D eigenvalue weighted by Gasteiger charge is 2.62. The number of hydrogen-bond donors (Lipinski definition) is 2. The molecule has 200 valence electrons. The summed E-state index contributed by atoms with van der Waals surface area (Å²) >= 11 is 0. The number of nitrogens with two attached hydrogens (primary N) is 1. The molecule has 1 unspecified atom stereocenters. The molecule has 3 N–H and O–H groups in total. The molecule has 2 aliphatic heterocycles. The van der Waals surface area contributed by atoms with Gasteiger partial charge in [0.05, 0.1) is 26.3 Å². The van der Waals surface area contributed by atoms with Crippen LogP contribution in [0.2, 0.25) is 0 Å². The van der Waals surface area contributed by atoms with Crippen LogP contribution in [0, 0.1) is 6.92 Å². The maximum atomic E-state index is 14.4. The van der Waals surface area contributed by atoms with Gasteiger partial charge in [-0.3, -0.25) is 19.3 Å². The standard InChI is InChI=1S/C28H25N3O8/c1-15-12-20-22(25(34)30(15)13-16-8-4-7-11-19(16)37-2)28(23(24(29)39-20)26(35)38-3)17-9-5-6-10-18(17)31(27(28)36)14-21(32)33/h4-12H,13-14,29H2,1-3H3,(H,32,33). The number of hydrogen-bond acceptors (Lipinski definition) is 8. The van der Waals surface area contributed by atoms with E-state index in [0.717, 1.165) is 12.0 Å². The highest BCUT2D eigenvalue weighted by molar-refractivity contribution is 6.19. The number of anilines is 1. The SMILES string of the molecule is COC(=O)C1=C(N)Oc2cc(C)n(Cc3ccccc3OC)c(=O)c2C12C(=O)N(CC(=O)O)c1ccccc12. The lowest BCUT2D eigenvalue weighted by molar-refractivity contribution is -0.138. The Labute approximate surface area is 222 Å². The number of nitrogens with zero attached hydrogens (tertiary/aromatic N) is 2. The van der Waals surface area contributed by atoms with Crippen molar-refractivity contribution in [3.05, 3.63) is 98.8 Å². The first-order valence-corrected chi connectivity index (χ1v) is 11.9. The molecular weight excluding hydrogens is 506 g/mol. The van der Waals surface area contributed by atoms with Crippen molar-refractivity contribution in [2.45, 2.75) is 18.9 Å². The summed E-state index contributed by atoms with van der Waals surface area (Å²) in [6.45, 7) is 1.08. The van der Waals surface area contributed by atoms with Crippen LogP contribution in [0.15, 0.2) is 70.8 Å². The van der Waals surface area contributed by atoms with Crippen LogP contribution >= 0.6 is 0 Å². The van der Waals surface area contributed by atoms with Crippen molar-refractivity contribution in [3.8, 4) is 11.5 Å². The van der Waals surface area contributed by atoms with E-state index in [0.29, 0.717) is 17.0 Å². The van der Waals surface area contributed by atoms with Crippen LogP contribution in [-0.4, -0.2) is 48.3 Å². The summed E-state index contributed by atoms with van der Waals surface area (Å²) in [6.07, 6.45) is 0. The lowest BCUT2D eigenvalue weighted by Crippen LogP contribution is -2.52. The average molecular weight is 532 g/mol. The molecule has 0 fully saturated rings. The van der Waals surface area contributed by atoms with E-state index < -0.39 is 46.8 Å². The van der Waals surface area contributed by atoms with Crippen LogP contribution in [-0.2, 0) is 31.1 Å². The minimum Gasteiger partial charge on any atom is -0.496 e. The van der Waals surface area contributed by atoms with Gasteiger partial charge in [-0.1, -0.05) is 36.4 Å². The Bertz CT molecular complexity index is 1640. The number of para-hydroxylation sites is 2. The fraction of sp³-hybridized carbons (Fsp3) is 0.214. The first-order chi connectivity index (χ1) is 18.7. The number of aryl methyl sites for hydroxylation is 1. The highest BCUT2D eigenvalue weighted by atomic mass is 16.5. The number of methoxy groups -OCH3 is 2. The normalized spacial score (nSPS) is 17.5. The molecule has 11 nitrogen and oxygen atoms in total. The van der Waals surface area contributed by atoms with E-state index in [1.165, 1.54) is 11.7 Å². The molecule has 0 aliphatic carbocycles. The van der Waals surface area contributed by atoms with Gasteiger partial charge in [0, 0.05) is 28.6 Å². The summed E-state index contributed by atoms with van der Waals surface area (Å²) in [5.41, 5.74) is 4.58. The second-order valence-electron chi connectivity index (χ2n) is 9.11. The van der Waals surface area contributed by atoms with Gasteiger partial charge in [0.15, 0.2) is 0 Å². The van der Waals surface area contributed by atoms with Crippen molar-refractivity contribution < 1.29 is 33.7 Å². The van der Waals surface area contributed by atoms with Gasteiger partial charge in [-0.05, 0) is 19.1 Å². The number of benzene rings is 2. The summed E-state index contributed by atoms with van der Waals surface area (Å²) in [5.74, 6) is -2.98. The zero-order chi connectivity index (χ0) is 28.1. The van der Waals surface area contributed by atoms with Crippen LogP contribution in [0.3, 0.4) is 0 Å². The lowest BCUT2D eigenvalue weighted by Gasteiger charge is -2.35. The molecule has 1 aromatic heterocycles. The molecule has 0 radical (unpaired) electrons. The molecule has 1 spiro atoms. The number of fused-ring (bicyclic) bond motifs is 4. The molecule has 39 heavy (non-hydrogen) atoms. The third-order valence-corrected chi connectivity index (χ3v) is 7.06. The second kappa shape index (κ2) is 9.35. The van der Waals surface area contributed by atoms with Gasteiger partial charge >= 0.3 is 11.9 Å². The number of pyridine rings is 1. The van der Waals surface area contributed by atoms with Crippen molar-refractivity contribution >= 4 is 23.5 Å². The largest absolute Gasteiger partial charge is 0.496 e. The van der Waals surface area contributed by atoms with E-state index >= 15 is 0 Å². The third-order valence-electron chi connectivity index (χ3n) is 7.06. The molecule has 0 saturated heterocycles. The Balaban J connectivity index is 1.87. The van der Waals surface area contributed by atoms with E-state index in [1.54, 1.807) is 61.5 Å². The molecule has 3 heterocycles. The van der Waals surface area contributed by atoms with Gasteiger partial charge < -0.3 is 29.6 Å². The Morgan fingerprint density at radius 2 is 1.77 bits per heavy atom. The van der Waals surface area contributed by atoms with Crippen molar-refractivity contribution in [2.24, 2.45) is 5.73 Å². The molecule has 2 aliphatic rings. The summed E-state index contributed by atoms with van der Waals surface area (Å²) in [6, 6.07) is 15.1. The van der Waals surface area contributed by atoms with Crippen LogP contribution in [0.25, 0.3) is 0 Å². The van der Waals surface area contributed by atoms with Gasteiger partial charge in [-0.2, -0.15) is 0 Å². The average Bonchev–Trinajstić information content (AvgIpc) is 3.14. The number of carboxylic acids is 1. The number of aromatic nitrogens is 1. The maximum absolute atomic E-state index is 14.4. The van der Waals surface area contributed by atoms with Gasteiger partial charge in [-0.15, -0.1) is 0 Å². The summed E-state index contributed by atoms with van der Waals surface area (Å²) in [7, 11) is 2.63. The molecule has 1 amide bonds. The predicted molar refractivity (Wildman–Crippen MR) is 139 cm³/mol. The van der Waals surface area contributed by atoms with Crippen LogP contribution in [0.5, 0.6) is 11.5 Å². The van der Waals surface area contributed by atoms with Crippen LogP contribution in [0.1, 0.15) is 22.4 Å².